The lowest BCUT2D eigenvalue weighted by Crippen LogP contribution is -2.30. The van der Waals surface area contributed by atoms with Crippen molar-refractivity contribution in [3.8, 4) is 0 Å². The van der Waals surface area contributed by atoms with Crippen molar-refractivity contribution >= 4 is 69.3 Å². The van der Waals surface area contributed by atoms with Crippen LogP contribution in [0.15, 0.2) is 47.5 Å². The summed E-state index contributed by atoms with van der Waals surface area (Å²) >= 11 is 13.1. The fourth-order valence-electron chi connectivity index (χ4n) is 2.59. The zero-order chi connectivity index (χ0) is 21.1. The van der Waals surface area contributed by atoms with Crippen LogP contribution in [0.25, 0.3) is 0 Å². The van der Waals surface area contributed by atoms with Gasteiger partial charge < -0.3 is 10.4 Å². The van der Waals surface area contributed by atoms with Gasteiger partial charge in [0.1, 0.15) is 5.25 Å². The van der Waals surface area contributed by atoms with Gasteiger partial charge >= 0.3 is 5.97 Å². The Balaban J connectivity index is 1.66. The molecule has 1 saturated heterocycles. The third-order valence-electron chi connectivity index (χ3n) is 4.00. The molecule has 2 N–H and O–H groups in total. The number of carbonyl (C=O) groups excluding carboxylic acids is 2. The van der Waals surface area contributed by atoms with E-state index in [-0.39, 0.29) is 23.8 Å². The van der Waals surface area contributed by atoms with Crippen LogP contribution >= 0.6 is 35.0 Å². The van der Waals surface area contributed by atoms with E-state index in [9.17, 15) is 14.4 Å². The summed E-state index contributed by atoms with van der Waals surface area (Å²) in [5.41, 5.74) is 1.08. The Morgan fingerprint density at radius 2 is 1.79 bits per heavy atom. The molecule has 29 heavy (non-hydrogen) atoms. The number of aliphatic imine (C=N–C) groups is 1. The number of nitrogens with zero attached hydrogens (tertiary/aromatic N) is 2. The summed E-state index contributed by atoms with van der Waals surface area (Å²) in [6.07, 6.45) is -0.0517. The highest BCUT2D eigenvalue weighted by molar-refractivity contribution is 8.15. The number of hydrogen-bond donors (Lipinski definition) is 2. The Labute approximate surface area is 180 Å². The quantitative estimate of drug-likeness (QED) is 0.706. The number of amidine groups is 1. The molecule has 1 atom stereocenters. The number of aromatic carboxylic acids is 1. The van der Waals surface area contributed by atoms with Crippen molar-refractivity contribution in [2.45, 2.75) is 11.7 Å². The third-order valence-corrected chi connectivity index (χ3v) is 5.66. The van der Waals surface area contributed by atoms with Crippen molar-refractivity contribution in [1.29, 1.82) is 0 Å². The molecule has 3 rings (SSSR count). The molecule has 0 spiro atoms. The van der Waals surface area contributed by atoms with E-state index in [2.05, 4.69) is 10.3 Å². The molecule has 1 aliphatic rings. The molecule has 2 aromatic carbocycles. The first-order valence-electron chi connectivity index (χ1n) is 8.35. The number of amides is 2. The van der Waals surface area contributed by atoms with Crippen molar-refractivity contribution in [3.63, 3.8) is 0 Å². The predicted octanol–water partition coefficient (Wildman–Crippen LogP) is 4.28. The average Bonchev–Trinajstić information content (AvgIpc) is 2.89. The number of thioether (sulfide) groups is 1. The predicted molar refractivity (Wildman–Crippen MR) is 114 cm³/mol. The minimum absolute atomic E-state index is 0.0517. The Bertz CT molecular complexity index is 991. The van der Waals surface area contributed by atoms with E-state index in [1.807, 2.05) is 0 Å². The molecule has 1 heterocycles. The minimum Gasteiger partial charge on any atom is -0.478 e. The summed E-state index contributed by atoms with van der Waals surface area (Å²) in [5.74, 6) is -1.65. The number of carbonyl (C=O) groups is 3. The van der Waals surface area contributed by atoms with Gasteiger partial charge in [-0.15, -0.1) is 0 Å². The largest absolute Gasteiger partial charge is 0.478 e. The molecule has 2 aromatic rings. The summed E-state index contributed by atoms with van der Waals surface area (Å²) in [5, 5.41) is 12.2. The van der Waals surface area contributed by atoms with Crippen LogP contribution in [0.3, 0.4) is 0 Å². The van der Waals surface area contributed by atoms with Gasteiger partial charge in [0.05, 0.1) is 11.3 Å². The molecule has 0 unspecified atom stereocenters. The second-order valence-corrected chi connectivity index (χ2v) is 8.20. The van der Waals surface area contributed by atoms with Crippen molar-refractivity contribution in [1.82, 2.24) is 4.90 Å². The lowest BCUT2D eigenvalue weighted by molar-refractivity contribution is -0.127. The standard InChI is InChI=1S/C19H15Cl2N3O4S/c1-24-17(26)15(29-19(24)23-14-7-11(20)6-12(21)8-14)9-16(25)22-13-4-2-10(3-5-13)18(27)28/h2-8,15H,9H2,1H3,(H,22,25)(H,27,28)/t15-/m1/s1. The molecule has 7 nitrogen and oxygen atoms in total. The van der Waals surface area contributed by atoms with Crippen LogP contribution in [0, 0.1) is 0 Å². The summed E-state index contributed by atoms with van der Waals surface area (Å²) in [4.78, 5) is 41.4. The van der Waals surface area contributed by atoms with Gasteiger partial charge in [-0.05, 0) is 42.5 Å². The second-order valence-electron chi connectivity index (χ2n) is 6.16. The molecule has 0 aliphatic carbocycles. The number of carboxylic acid groups (broad SMARTS) is 1. The molecule has 0 bridgehead atoms. The molecule has 150 valence electrons. The van der Waals surface area contributed by atoms with Crippen LogP contribution in [0.4, 0.5) is 11.4 Å². The second kappa shape index (κ2) is 8.86. The Morgan fingerprint density at radius 3 is 2.38 bits per heavy atom. The molecule has 1 fully saturated rings. The number of nitrogens with one attached hydrogen (secondary N) is 1. The first-order chi connectivity index (χ1) is 13.7. The SMILES string of the molecule is CN1C(=O)[C@@H](CC(=O)Nc2ccc(C(=O)O)cc2)SC1=Nc1cc(Cl)cc(Cl)c1. The van der Waals surface area contributed by atoms with Gasteiger partial charge in [-0.25, -0.2) is 9.79 Å². The number of rotatable bonds is 5. The number of anilines is 1. The Morgan fingerprint density at radius 1 is 1.17 bits per heavy atom. The first-order valence-corrected chi connectivity index (χ1v) is 9.98. The summed E-state index contributed by atoms with van der Waals surface area (Å²) < 4.78 is 0. The maximum absolute atomic E-state index is 12.5. The number of carboxylic acids is 1. The highest BCUT2D eigenvalue weighted by Crippen LogP contribution is 2.32. The summed E-state index contributed by atoms with van der Waals surface area (Å²) in [6, 6.07) is 10.6. The van der Waals surface area contributed by atoms with Crippen LogP contribution in [0.2, 0.25) is 10.0 Å². The van der Waals surface area contributed by atoms with Gasteiger partial charge in [-0.3, -0.25) is 14.5 Å². The van der Waals surface area contributed by atoms with Crippen LogP contribution in [0.1, 0.15) is 16.8 Å². The van der Waals surface area contributed by atoms with E-state index in [0.717, 1.165) is 0 Å². The number of hydrogen-bond acceptors (Lipinski definition) is 5. The van der Waals surface area contributed by atoms with Crippen LogP contribution < -0.4 is 5.32 Å². The smallest absolute Gasteiger partial charge is 0.335 e. The highest BCUT2D eigenvalue weighted by atomic mass is 35.5. The normalized spacial score (nSPS) is 17.6. The zero-order valence-electron chi connectivity index (χ0n) is 15.1. The summed E-state index contributed by atoms with van der Waals surface area (Å²) in [7, 11) is 1.59. The Hall–Kier alpha value is -2.55. The van der Waals surface area contributed by atoms with Crippen molar-refractivity contribution in [2.24, 2.45) is 4.99 Å². The maximum atomic E-state index is 12.5. The molecule has 0 radical (unpaired) electrons. The topological polar surface area (TPSA) is 99.1 Å². The van der Waals surface area contributed by atoms with E-state index in [4.69, 9.17) is 28.3 Å². The van der Waals surface area contributed by atoms with E-state index >= 15 is 0 Å². The number of halogens is 2. The molecule has 0 aromatic heterocycles. The molecular formula is C19H15Cl2N3O4S. The number of benzene rings is 2. The minimum atomic E-state index is -1.05. The van der Waals surface area contributed by atoms with Gasteiger partial charge in [0, 0.05) is 29.2 Å². The van der Waals surface area contributed by atoms with Crippen LogP contribution in [0.5, 0.6) is 0 Å². The molecule has 10 heteroatoms. The van der Waals surface area contributed by atoms with Gasteiger partial charge in [-0.1, -0.05) is 35.0 Å². The summed E-state index contributed by atoms with van der Waals surface area (Å²) in [6.45, 7) is 0. The van der Waals surface area contributed by atoms with E-state index in [1.54, 1.807) is 25.2 Å². The lowest BCUT2D eigenvalue weighted by atomic mass is 10.2. The van der Waals surface area contributed by atoms with Crippen LogP contribution in [-0.4, -0.2) is 45.3 Å². The molecule has 0 saturated carbocycles. The van der Waals surface area contributed by atoms with E-state index in [0.29, 0.717) is 26.6 Å². The maximum Gasteiger partial charge on any atom is 0.335 e. The van der Waals surface area contributed by atoms with Gasteiger partial charge in [-0.2, -0.15) is 0 Å². The monoisotopic (exact) mass is 451 g/mol. The lowest BCUT2D eigenvalue weighted by Gasteiger charge is -2.09. The van der Waals surface area contributed by atoms with Gasteiger partial charge in [0.25, 0.3) is 0 Å². The van der Waals surface area contributed by atoms with E-state index < -0.39 is 11.2 Å². The Kier molecular flexibility index (Phi) is 6.46. The third kappa shape index (κ3) is 5.29. The fourth-order valence-corrected chi connectivity index (χ4v) is 4.26. The van der Waals surface area contributed by atoms with Gasteiger partial charge in [0.2, 0.25) is 11.8 Å². The van der Waals surface area contributed by atoms with E-state index in [1.165, 1.54) is 40.9 Å². The van der Waals surface area contributed by atoms with Crippen molar-refractivity contribution in [3.05, 3.63) is 58.1 Å². The first kappa shape index (κ1) is 21.2. The molecule has 2 amide bonds. The van der Waals surface area contributed by atoms with Gasteiger partial charge in [0.15, 0.2) is 5.17 Å². The molecule has 1 aliphatic heterocycles. The fraction of sp³-hybridized carbons (Fsp3) is 0.158. The molecular weight excluding hydrogens is 437 g/mol. The highest BCUT2D eigenvalue weighted by Gasteiger charge is 2.37. The van der Waals surface area contributed by atoms with Crippen molar-refractivity contribution < 1.29 is 19.5 Å². The van der Waals surface area contributed by atoms with Crippen LogP contribution in [-0.2, 0) is 9.59 Å². The zero-order valence-corrected chi connectivity index (χ0v) is 17.4. The average molecular weight is 452 g/mol. The van der Waals surface area contributed by atoms with Crippen molar-refractivity contribution in [2.75, 3.05) is 12.4 Å².